The molecule has 0 N–H and O–H groups in total. The van der Waals surface area contributed by atoms with Gasteiger partial charge in [-0.15, -0.1) is 6.58 Å². The third-order valence-electron chi connectivity index (χ3n) is 2.21. The number of esters is 1. The predicted molar refractivity (Wildman–Crippen MR) is 74.7 cm³/mol. The first-order valence-corrected chi connectivity index (χ1v) is 6.54. The first-order valence-electron chi connectivity index (χ1n) is 5.74. The average molecular weight is 327 g/mol. The van der Waals surface area contributed by atoms with Gasteiger partial charge in [0.05, 0.1) is 12.2 Å². The summed E-state index contributed by atoms with van der Waals surface area (Å²) in [7, 11) is 0. The summed E-state index contributed by atoms with van der Waals surface area (Å²) in [5.41, 5.74) is 0.403. The molecule has 0 saturated carbocycles. The van der Waals surface area contributed by atoms with E-state index in [2.05, 4.69) is 27.5 Å². The van der Waals surface area contributed by atoms with E-state index < -0.39 is 5.97 Å². The molecular weight excluding hydrogens is 312 g/mol. The number of amides is 1. The van der Waals surface area contributed by atoms with Gasteiger partial charge in [-0.05, 0) is 28.9 Å². The molecule has 0 aliphatic carbocycles. The van der Waals surface area contributed by atoms with Crippen molar-refractivity contribution in [1.82, 2.24) is 9.88 Å². The number of carbonyl (C=O) groups is 2. The van der Waals surface area contributed by atoms with Gasteiger partial charge in [-0.1, -0.05) is 6.08 Å². The lowest BCUT2D eigenvalue weighted by molar-refractivity contribution is -0.143. The summed E-state index contributed by atoms with van der Waals surface area (Å²) in [6, 6.07) is 1.65. The van der Waals surface area contributed by atoms with E-state index in [-0.39, 0.29) is 25.6 Å². The van der Waals surface area contributed by atoms with E-state index in [0.29, 0.717) is 10.0 Å². The zero-order valence-electron chi connectivity index (χ0n) is 10.6. The summed E-state index contributed by atoms with van der Waals surface area (Å²) >= 11 is 3.25. The van der Waals surface area contributed by atoms with E-state index in [1.165, 1.54) is 11.1 Å². The van der Waals surface area contributed by atoms with E-state index in [9.17, 15) is 9.59 Å². The molecule has 1 amide bonds. The van der Waals surface area contributed by atoms with Crippen molar-refractivity contribution in [3.8, 4) is 0 Å². The van der Waals surface area contributed by atoms with E-state index in [4.69, 9.17) is 4.74 Å². The van der Waals surface area contributed by atoms with Crippen molar-refractivity contribution in [2.45, 2.75) is 6.92 Å². The maximum atomic E-state index is 12.2. The molecule has 102 valence electrons. The van der Waals surface area contributed by atoms with Crippen molar-refractivity contribution in [1.29, 1.82) is 0 Å². The molecule has 1 aromatic rings. The Kier molecular flexibility index (Phi) is 6.21. The molecule has 0 bridgehead atoms. The van der Waals surface area contributed by atoms with Crippen molar-refractivity contribution < 1.29 is 14.3 Å². The Morgan fingerprint density at radius 3 is 2.84 bits per heavy atom. The molecule has 6 heteroatoms. The maximum Gasteiger partial charge on any atom is 0.325 e. The van der Waals surface area contributed by atoms with Gasteiger partial charge in [-0.25, -0.2) is 0 Å². The van der Waals surface area contributed by atoms with Crippen LogP contribution in [0.5, 0.6) is 0 Å². The molecule has 19 heavy (non-hydrogen) atoms. The number of carbonyl (C=O) groups excluding carboxylic acids is 2. The van der Waals surface area contributed by atoms with Crippen molar-refractivity contribution in [2.24, 2.45) is 0 Å². The van der Waals surface area contributed by atoms with Gasteiger partial charge < -0.3 is 9.64 Å². The predicted octanol–water partition coefficient (Wildman–Crippen LogP) is 2.04. The Bertz CT molecular complexity index is 477. The van der Waals surface area contributed by atoms with E-state index in [1.54, 1.807) is 25.3 Å². The third-order valence-corrected chi connectivity index (χ3v) is 2.65. The highest BCUT2D eigenvalue weighted by molar-refractivity contribution is 9.10. The van der Waals surface area contributed by atoms with Crippen molar-refractivity contribution >= 4 is 27.8 Å². The Morgan fingerprint density at radius 2 is 2.26 bits per heavy atom. The van der Waals surface area contributed by atoms with E-state index in [1.807, 2.05) is 0 Å². The summed E-state index contributed by atoms with van der Waals surface area (Å²) in [6.07, 6.45) is 4.59. The standard InChI is InChI=1S/C13H15BrN2O3/c1-3-5-16(9-12(17)19-4-2)13(18)10-6-11(14)8-15-7-10/h3,6-8H,1,4-5,9H2,2H3. The lowest BCUT2D eigenvalue weighted by atomic mass is 10.2. The normalized spacial score (nSPS) is 9.79. The number of nitrogens with zero attached hydrogens (tertiary/aromatic N) is 2. The zero-order chi connectivity index (χ0) is 14.3. The summed E-state index contributed by atoms with van der Waals surface area (Å²) in [6.45, 7) is 5.74. The molecule has 1 heterocycles. The molecule has 0 unspecified atom stereocenters. The molecule has 0 aliphatic rings. The third kappa shape index (κ3) is 4.82. The van der Waals surface area contributed by atoms with Gasteiger partial charge >= 0.3 is 5.97 Å². The summed E-state index contributed by atoms with van der Waals surface area (Å²) < 4.78 is 5.54. The average Bonchev–Trinajstić information content (AvgIpc) is 2.37. The van der Waals surface area contributed by atoms with E-state index in [0.717, 1.165) is 0 Å². The van der Waals surface area contributed by atoms with Gasteiger partial charge in [0, 0.05) is 23.4 Å². The summed E-state index contributed by atoms with van der Waals surface area (Å²) in [5, 5.41) is 0. The van der Waals surface area contributed by atoms with Crippen LogP contribution >= 0.6 is 15.9 Å². The topological polar surface area (TPSA) is 59.5 Å². The van der Waals surface area contributed by atoms with Crippen LogP contribution in [0.15, 0.2) is 35.6 Å². The highest BCUT2D eigenvalue weighted by atomic mass is 79.9. The molecule has 0 radical (unpaired) electrons. The van der Waals surface area contributed by atoms with Crippen molar-refractivity contribution in [3.63, 3.8) is 0 Å². The Hall–Kier alpha value is -1.69. The van der Waals surface area contributed by atoms with Crippen LogP contribution in [0.2, 0.25) is 0 Å². The van der Waals surface area contributed by atoms with E-state index >= 15 is 0 Å². The fraction of sp³-hybridized carbons (Fsp3) is 0.308. The maximum absolute atomic E-state index is 12.2. The summed E-state index contributed by atoms with van der Waals surface area (Å²) in [5.74, 6) is -0.734. The van der Waals surface area contributed by atoms with Crippen LogP contribution in [0.1, 0.15) is 17.3 Å². The van der Waals surface area contributed by atoms with Gasteiger partial charge in [-0.3, -0.25) is 14.6 Å². The van der Waals surface area contributed by atoms with Crippen LogP contribution < -0.4 is 0 Å². The molecule has 0 aromatic carbocycles. The Balaban J connectivity index is 2.83. The number of ether oxygens (including phenoxy) is 1. The lowest BCUT2D eigenvalue weighted by Gasteiger charge is -2.19. The molecule has 0 fully saturated rings. The number of hydrogen-bond acceptors (Lipinski definition) is 4. The minimum absolute atomic E-state index is 0.106. The van der Waals surface area contributed by atoms with Crippen LogP contribution in [-0.2, 0) is 9.53 Å². The van der Waals surface area contributed by atoms with Crippen LogP contribution in [0.25, 0.3) is 0 Å². The number of hydrogen-bond donors (Lipinski definition) is 0. The second-order valence-corrected chi connectivity index (χ2v) is 4.59. The number of pyridine rings is 1. The minimum atomic E-state index is -0.444. The quantitative estimate of drug-likeness (QED) is 0.593. The number of rotatable bonds is 6. The molecule has 1 aromatic heterocycles. The zero-order valence-corrected chi connectivity index (χ0v) is 12.2. The fourth-order valence-electron chi connectivity index (χ4n) is 1.45. The Morgan fingerprint density at radius 1 is 1.53 bits per heavy atom. The smallest absolute Gasteiger partial charge is 0.325 e. The van der Waals surface area contributed by atoms with Crippen LogP contribution in [0.4, 0.5) is 0 Å². The van der Waals surface area contributed by atoms with Gasteiger partial charge in [0.25, 0.3) is 5.91 Å². The summed E-state index contributed by atoms with van der Waals surface area (Å²) in [4.78, 5) is 29.0. The lowest BCUT2D eigenvalue weighted by Crippen LogP contribution is -2.36. The minimum Gasteiger partial charge on any atom is -0.465 e. The van der Waals surface area contributed by atoms with Gasteiger partial charge in [0.15, 0.2) is 0 Å². The fourth-order valence-corrected chi connectivity index (χ4v) is 1.81. The molecule has 1 rings (SSSR count). The molecule has 0 spiro atoms. The highest BCUT2D eigenvalue weighted by Gasteiger charge is 2.18. The second-order valence-electron chi connectivity index (χ2n) is 3.67. The largest absolute Gasteiger partial charge is 0.465 e. The monoisotopic (exact) mass is 326 g/mol. The highest BCUT2D eigenvalue weighted by Crippen LogP contribution is 2.11. The number of halogens is 1. The van der Waals surface area contributed by atoms with Crippen molar-refractivity contribution in [3.05, 3.63) is 41.2 Å². The van der Waals surface area contributed by atoms with Crippen LogP contribution in [0, 0.1) is 0 Å². The molecule has 5 nitrogen and oxygen atoms in total. The molecule has 0 atom stereocenters. The molecule has 0 aliphatic heterocycles. The van der Waals surface area contributed by atoms with Crippen LogP contribution in [0.3, 0.4) is 0 Å². The van der Waals surface area contributed by atoms with Gasteiger partial charge in [0.2, 0.25) is 0 Å². The van der Waals surface area contributed by atoms with Gasteiger partial charge in [0.1, 0.15) is 6.54 Å². The number of aromatic nitrogens is 1. The van der Waals surface area contributed by atoms with Gasteiger partial charge in [-0.2, -0.15) is 0 Å². The molecule has 0 saturated heterocycles. The Labute approximate surface area is 120 Å². The van der Waals surface area contributed by atoms with Crippen molar-refractivity contribution in [2.75, 3.05) is 19.7 Å². The first kappa shape index (κ1) is 15.4. The van der Waals surface area contributed by atoms with Crippen LogP contribution in [-0.4, -0.2) is 41.5 Å². The SMILES string of the molecule is C=CCN(CC(=O)OCC)C(=O)c1cncc(Br)c1. The first-order chi connectivity index (χ1) is 9.08. The molecular formula is C13H15BrN2O3. The second kappa shape index (κ2) is 7.68.